The van der Waals surface area contributed by atoms with E-state index >= 15 is 0 Å². The first kappa shape index (κ1) is 16.7. The van der Waals surface area contributed by atoms with Crippen LogP contribution < -0.4 is 4.90 Å². The lowest BCUT2D eigenvalue weighted by atomic mass is 10.2. The van der Waals surface area contributed by atoms with Crippen LogP contribution in [0, 0.1) is 0 Å². The van der Waals surface area contributed by atoms with Crippen molar-refractivity contribution < 1.29 is 4.43 Å². The lowest BCUT2D eigenvalue weighted by Gasteiger charge is -2.36. The van der Waals surface area contributed by atoms with Gasteiger partial charge in [-0.15, -0.1) is 0 Å². The summed E-state index contributed by atoms with van der Waals surface area (Å²) in [4.78, 5) is 6.37. The summed E-state index contributed by atoms with van der Waals surface area (Å²) in [5.41, 5.74) is 1.16. The van der Waals surface area contributed by atoms with Crippen molar-refractivity contribution in [3.8, 4) is 0 Å². The molecule has 0 unspecified atom stereocenters. The molecule has 0 aliphatic rings. The Morgan fingerprint density at radius 2 is 1.89 bits per heavy atom. The van der Waals surface area contributed by atoms with Gasteiger partial charge in [-0.3, -0.25) is 0 Å². The Morgan fingerprint density at radius 1 is 1.32 bits per heavy atom. The molecule has 1 aromatic heterocycles. The maximum atomic E-state index is 6.26. The van der Waals surface area contributed by atoms with Crippen LogP contribution in [0.3, 0.4) is 0 Å². The van der Waals surface area contributed by atoms with Crippen LogP contribution in [0.15, 0.2) is 16.7 Å². The van der Waals surface area contributed by atoms with Crippen LogP contribution in [0.1, 0.15) is 26.3 Å². The summed E-state index contributed by atoms with van der Waals surface area (Å²) in [5.74, 6) is 0.956. The number of halogens is 1. The molecule has 1 rings (SSSR count). The van der Waals surface area contributed by atoms with Gasteiger partial charge in [-0.1, -0.05) is 20.8 Å². The maximum absolute atomic E-state index is 6.26. The van der Waals surface area contributed by atoms with Crippen molar-refractivity contribution in [2.75, 3.05) is 19.0 Å². The normalized spacial score (nSPS) is 12.6. The maximum Gasteiger partial charge on any atom is 0.192 e. The minimum Gasteiger partial charge on any atom is -0.413 e. The molecule has 0 saturated carbocycles. The van der Waals surface area contributed by atoms with Gasteiger partial charge in [-0.2, -0.15) is 0 Å². The molecule has 0 aliphatic heterocycles. The number of nitrogens with zero attached hydrogens (tertiary/aromatic N) is 2. The molecule has 1 heterocycles. The number of aromatic nitrogens is 1. The second-order valence-electron chi connectivity index (χ2n) is 6.58. The van der Waals surface area contributed by atoms with Gasteiger partial charge in [0.05, 0.1) is 6.61 Å². The zero-order valence-corrected chi connectivity index (χ0v) is 15.6. The number of pyridine rings is 1. The van der Waals surface area contributed by atoms with E-state index < -0.39 is 8.32 Å². The Morgan fingerprint density at radius 3 is 2.37 bits per heavy atom. The van der Waals surface area contributed by atoms with E-state index in [0.29, 0.717) is 6.61 Å². The Balaban J connectivity index is 2.86. The monoisotopic (exact) mass is 344 g/mol. The molecule has 0 aliphatic carbocycles. The Labute approximate surface area is 126 Å². The molecule has 0 spiro atoms. The predicted octanol–water partition coefficient (Wildman–Crippen LogP) is 4.43. The van der Waals surface area contributed by atoms with Gasteiger partial charge >= 0.3 is 0 Å². The van der Waals surface area contributed by atoms with Gasteiger partial charge in [0.2, 0.25) is 0 Å². The average Bonchev–Trinajstić information content (AvgIpc) is 2.26. The lowest BCUT2D eigenvalue weighted by molar-refractivity contribution is 0.275. The van der Waals surface area contributed by atoms with Crippen LogP contribution in [0.2, 0.25) is 18.1 Å². The first-order chi connectivity index (χ1) is 8.54. The minimum absolute atomic E-state index is 0.233. The van der Waals surface area contributed by atoms with E-state index in [1.807, 2.05) is 25.2 Å². The fourth-order valence-electron chi connectivity index (χ4n) is 1.30. The highest BCUT2D eigenvalue weighted by molar-refractivity contribution is 9.10. The molecule has 1 aromatic rings. The van der Waals surface area contributed by atoms with Crippen LogP contribution in [0.25, 0.3) is 0 Å². The summed E-state index contributed by atoms with van der Waals surface area (Å²) in [6.07, 6.45) is 1.85. The van der Waals surface area contributed by atoms with E-state index in [9.17, 15) is 0 Å². The summed E-state index contributed by atoms with van der Waals surface area (Å²) >= 11 is 3.55. The second-order valence-corrected chi connectivity index (χ2v) is 12.2. The molecule has 0 aromatic carbocycles. The topological polar surface area (TPSA) is 25.4 Å². The molecule has 0 atom stereocenters. The highest BCUT2D eigenvalue weighted by Gasteiger charge is 2.37. The van der Waals surface area contributed by atoms with Crippen molar-refractivity contribution in [2.45, 2.75) is 45.5 Å². The highest BCUT2D eigenvalue weighted by Crippen LogP contribution is 2.37. The third-order valence-corrected chi connectivity index (χ3v) is 8.97. The standard InChI is InChI=1S/C14H25BrN2OSi/c1-14(2,3)19(6,7)18-10-11-8-13(17(4)5)16-9-12(11)15/h8-9H,10H2,1-7H3. The Kier molecular flexibility index (Phi) is 5.20. The molecule has 0 saturated heterocycles. The molecule has 0 amide bonds. The molecule has 0 N–H and O–H groups in total. The van der Waals surface area contributed by atoms with E-state index in [0.717, 1.165) is 15.9 Å². The number of anilines is 1. The van der Waals surface area contributed by atoms with E-state index in [1.54, 1.807) is 0 Å². The van der Waals surface area contributed by atoms with Crippen molar-refractivity contribution >= 4 is 30.1 Å². The fourth-order valence-corrected chi connectivity index (χ4v) is 2.58. The molecule has 5 heteroatoms. The quantitative estimate of drug-likeness (QED) is 0.755. The van der Waals surface area contributed by atoms with E-state index in [2.05, 4.69) is 60.8 Å². The van der Waals surface area contributed by atoms with Crippen LogP contribution in [-0.4, -0.2) is 27.4 Å². The van der Waals surface area contributed by atoms with Gasteiger partial charge < -0.3 is 9.33 Å². The summed E-state index contributed by atoms with van der Waals surface area (Å²) in [6.45, 7) is 12.0. The first-order valence-corrected chi connectivity index (χ1v) is 10.2. The van der Waals surface area contributed by atoms with Crippen molar-refractivity contribution in [3.63, 3.8) is 0 Å². The molecule has 3 nitrogen and oxygen atoms in total. The number of hydrogen-bond acceptors (Lipinski definition) is 3. The zero-order chi connectivity index (χ0) is 14.8. The minimum atomic E-state index is -1.71. The zero-order valence-electron chi connectivity index (χ0n) is 13.0. The van der Waals surface area contributed by atoms with Crippen molar-refractivity contribution in [3.05, 3.63) is 22.3 Å². The Hall–Kier alpha value is -0.393. The third kappa shape index (κ3) is 4.29. The largest absolute Gasteiger partial charge is 0.413 e. The number of rotatable bonds is 4. The van der Waals surface area contributed by atoms with Crippen molar-refractivity contribution in [1.29, 1.82) is 0 Å². The van der Waals surface area contributed by atoms with Crippen molar-refractivity contribution in [2.24, 2.45) is 0 Å². The summed E-state index contributed by atoms with van der Waals surface area (Å²) < 4.78 is 7.27. The van der Waals surface area contributed by atoms with Gasteiger partial charge in [0.1, 0.15) is 5.82 Å². The van der Waals surface area contributed by atoms with Crippen LogP contribution in [-0.2, 0) is 11.0 Å². The third-order valence-electron chi connectivity index (χ3n) is 3.77. The molecular weight excluding hydrogens is 320 g/mol. The molecular formula is C14H25BrN2OSi. The van der Waals surface area contributed by atoms with Crippen LogP contribution in [0.4, 0.5) is 5.82 Å². The smallest absolute Gasteiger partial charge is 0.192 e. The molecule has 0 bridgehead atoms. The molecule has 0 radical (unpaired) electrons. The second kappa shape index (κ2) is 5.93. The SMILES string of the molecule is CN(C)c1cc(CO[Si](C)(C)C(C)(C)C)c(Br)cn1. The van der Waals surface area contributed by atoms with Crippen molar-refractivity contribution in [1.82, 2.24) is 4.98 Å². The van der Waals surface area contributed by atoms with Gasteiger partial charge in [-0.25, -0.2) is 4.98 Å². The molecule has 19 heavy (non-hydrogen) atoms. The average molecular weight is 345 g/mol. The molecule has 0 fully saturated rings. The van der Waals surface area contributed by atoms with Crippen LogP contribution in [0.5, 0.6) is 0 Å². The summed E-state index contributed by atoms with van der Waals surface area (Å²) in [7, 11) is 2.28. The summed E-state index contributed by atoms with van der Waals surface area (Å²) in [6, 6.07) is 2.08. The molecule has 108 valence electrons. The van der Waals surface area contributed by atoms with E-state index in [1.165, 1.54) is 0 Å². The van der Waals surface area contributed by atoms with Gasteiger partial charge in [0, 0.05) is 24.8 Å². The number of hydrogen-bond donors (Lipinski definition) is 0. The summed E-state index contributed by atoms with van der Waals surface area (Å²) in [5, 5.41) is 0.233. The van der Waals surface area contributed by atoms with Gasteiger partial charge in [-0.05, 0) is 45.7 Å². The Bertz CT molecular complexity index is 442. The first-order valence-electron chi connectivity index (χ1n) is 6.50. The predicted molar refractivity (Wildman–Crippen MR) is 88.3 cm³/mol. The fraction of sp³-hybridized carbons (Fsp3) is 0.643. The van der Waals surface area contributed by atoms with Gasteiger partial charge in [0.15, 0.2) is 8.32 Å². The van der Waals surface area contributed by atoms with E-state index in [4.69, 9.17) is 4.43 Å². The van der Waals surface area contributed by atoms with Gasteiger partial charge in [0.25, 0.3) is 0 Å². The van der Waals surface area contributed by atoms with E-state index in [-0.39, 0.29) is 5.04 Å². The highest BCUT2D eigenvalue weighted by atomic mass is 79.9. The lowest BCUT2D eigenvalue weighted by Crippen LogP contribution is -2.40. The van der Waals surface area contributed by atoms with Crippen LogP contribution >= 0.6 is 15.9 Å².